The summed E-state index contributed by atoms with van der Waals surface area (Å²) in [6, 6.07) is 0. The SMILES string of the molecule is O=C1C(CO)=CN(CO)NN1CO. The van der Waals surface area contributed by atoms with E-state index >= 15 is 0 Å². The molecule has 74 valence electrons. The number of aliphatic hydroxyl groups is 3. The molecule has 13 heavy (non-hydrogen) atoms. The van der Waals surface area contributed by atoms with Gasteiger partial charge in [0.25, 0.3) is 5.91 Å². The van der Waals surface area contributed by atoms with E-state index in [2.05, 4.69) is 5.53 Å². The molecule has 0 unspecified atom stereocenters. The molecule has 0 atom stereocenters. The van der Waals surface area contributed by atoms with Crippen LogP contribution in [-0.2, 0) is 4.79 Å². The number of amides is 1. The summed E-state index contributed by atoms with van der Waals surface area (Å²) in [5.74, 6) is -0.519. The van der Waals surface area contributed by atoms with Crippen molar-refractivity contribution in [1.29, 1.82) is 0 Å². The first-order valence-electron chi connectivity index (χ1n) is 3.61. The van der Waals surface area contributed by atoms with Gasteiger partial charge in [-0.15, -0.1) is 5.53 Å². The number of carbonyl (C=O) groups is 1. The molecule has 7 nitrogen and oxygen atoms in total. The van der Waals surface area contributed by atoms with Gasteiger partial charge < -0.3 is 15.3 Å². The third kappa shape index (κ3) is 1.95. The minimum absolute atomic E-state index is 0.0989. The molecule has 7 heteroatoms. The van der Waals surface area contributed by atoms with Crippen molar-refractivity contribution in [3.63, 3.8) is 0 Å². The van der Waals surface area contributed by atoms with Crippen molar-refractivity contribution in [2.24, 2.45) is 0 Å². The maximum absolute atomic E-state index is 11.2. The molecule has 1 amide bonds. The van der Waals surface area contributed by atoms with Crippen LogP contribution in [0.1, 0.15) is 0 Å². The predicted molar refractivity (Wildman–Crippen MR) is 41.2 cm³/mol. The Bertz CT molecular complexity index is 230. The van der Waals surface area contributed by atoms with Crippen LogP contribution >= 0.6 is 0 Å². The molecule has 0 bridgehead atoms. The summed E-state index contributed by atoms with van der Waals surface area (Å²) in [7, 11) is 0. The molecule has 0 radical (unpaired) electrons. The Kier molecular flexibility index (Phi) is 3.20. The van der Waals surface area contributed by atoms with Crippen molar-refractivity contribution in [3.8, 4) is 0 Å². The second-order valence-electron chi connectivity index (χ2n) is 2.40. The van der Waals surface area contributed by atoms with E-state index in [1.165, 1.54) is 6.20 Å². The molecule has 4 N–H and O–H groups in total. The molecule has 0 saturated carbocycles. The van der Waals surface area contributed by atoms with Gasteiger partial charge in [-0.2, -0.15) is 0 Å². The minimum Gasteiger partial charge on any atom is -0.391 e. The highest BCUT2D eigenvalue weighted by atomic mass is 16.3. The summed E-state index contributed by atoms with van der Waals surface area (Å²) in [6.07, 6.45) is 1.27. The Morgan fingerprint density at radius 2 is 2.00 bits per heavy atom. The highest BCUT2D eigenvalue weighted by molar-refractivity contribution is 5.93. The molecule has 0 spiro atoms. The van der Waals surface area contributed by atoms with E-state index in [0.29, 0.717) is 0 Å². The zero-order chi connectivity index (χ0) is 9.84. The predicted octanol–water partition coefficient (Wildman–Crippen LogP) is -2.67. The molecule has 1 heterocycles. The van der Waals surface area contributed by atoms with Gasteiger partial charge in [0, 0.05) is 6.20 Å². The largest absolute Gasteiger partial charge is 0.391 e. The summed E-state index contributed by atoms with van der Waals surface area (Å²) in [6.45, 7) is -1.34. The molecular weight excluding hydrogens is 178 g/mol. The van der Waals surface area contributed by atoms with Crippen LogP contribution in [-0.4, -0.2) is 51.3 Å². The fourth-order valence-electron chi connectivity index (χ4n) is 0.923. The molecular formula is C6H11N3O4. The Morgan fingerprint density at radius 3 is 2.46 bits per heavy atom. The lowest BCUT2D eigenvalue weighted by Gasteiger charge is -2.32. The number of rotatable bonds is 3. The van der Waals surface area contributed by atoms with Gasteiger partial charge in [0.15, 0.2) is 0 Å². The van der Waals surface area contributed by atoms with Crippen molar-refractivity contribution in [2.45, 2.75) is 0 Å². The van der Waals surface area contributed by atoms with Gasteiger partial charge in [0.2, 0.25) is 0 Å². The van der Waals surface area contributed by atoms with Crippen molar-refractivity contribution in [3.05, 3.63) is 11.8 Å². The number of carbonyl (C=O) groups excluding carboxylic acids is 1. The third-order valence-corrected chi connectivity index (χ3v) is 1.54. The first kappa shape index (κ1) is 9.93. The first-order valence-corrected chi connectivity index (χ1v) is 3.61. The Hall–Kier alpha value is -1.15. The zero-order valence-corrected chi connectivity index (χ0v) is 6.84. The van der Waals surface area contributed by atoms with Crippen LogP contribution in [0.25, 0.3) is 0 Å². The lowest BCUT2D eigenvalue weighted by molar-refractivity contribution is -0.146. The standard InChI is InChI=1S/C6H11N3O4/c10-2-5-1-8(3-11)7-9(4-12)6(5)13/h1,7,10-12H,2-4H2. The molecule has 0 fully saturated rings. The highest BCUT2D eigenvalue weighted by Crippen LogP contribution is 2.06. The summed E-state index contributed by atoms with van der Waals surface area (Å²) in [5.41, 5.74) is 2.50. The Morgan fingerprint density at radius 1 is 1.31 bits per heavy atom. The van der Waals surface area contributed by atoms with Gasteiger partial charge >= 0.3 is 0 Å². The van der Waals surface area contributed by atoms with E-state index in [1.807, 2.05) is 0 Å². The smallest absolute Gasteiger partial charge is 0.271 e. The van der Waals surface area contributed by atoms with Crippen LogP contribution in [0.3, 0.4) is 0 Å². The summed E-state index contributed by atoms with van der Waals surface area (Å²) in [5, 5.41) is 28.2. The van der Waals surface area contributed by atoms with Crippen molar-refractivity contribution in [1.82, 2.24) is 15.6 Å². The van der Waals surface area contributed by atoms with E-state index < -0.39 is 19.2 Å². The average Bonchev–Trinajstić information content (AvgIpc) is 2.18. The Labute approximate surface area is 74.4 Å². The Balaban J connectivity index is 2.80. The molecule has 0 aromatic heterocycles. The lowest BCUT2D eigenvalue weighted by atomic mass is 10.2. The summed E-state index contributed by atoms with van der Waals surface area (Å²) >= 11 is 0. The number of aliphatic hydroxyl groups excluding tert-OH is 3. The molecule has 1 aliphatic rings. The number of hydrogen-bond donors (Lipinski definition) is 4. The van der Waals surface area contributed by atoms with E-state index in [1.54, 1.807) is 0 Å². The topological polar surface area (TPSA) is 96.3 Å². The van der Waals surface area contributed by atoms with Gasteiger partial charge in [-0.3, -0.25) is 9.80 Å². The first-order chi connectivity index (χ1) is 6.22. The van der Waals surface area contributed by atoms with E-state index in [-0.39, 0.29) is 12.3 Å². The molecule has 1 aliphatic heterocycles. The van der Waals surface area contributed by atoms with Crippen LogP contribution < -0.4 is 5.53 Å². The maximum atomic E-state index is 11.2. The fraction of sp³-hybridized carbons (Fsp3) is 0.500. The molecule has 0 aromatic rings. The van der Waals surface area contributed by atoms with Crippen LogP contribution in [0.4, 0.5) is 0 Å². The molecule has 0 aliphatic carbocycles. The molecule has 0 aromatic carbocycles. The number of nitrogens with zero attached hydrogens (tertiary/aromatic N) is 2. The van der Waals surface area contributed by atoms with Gasteiger partial charge in [0.05, 0.1) is 12.2 Å². The fourth-order valence-corrected chi connectivity index (χ4v) is 0.923. The quantitative estimate of drug-likeness (QED) is 0.386. The molecule has 1 rings (SSSR count). The van der Waals surface area contributed by atoms with Crippen LogP contribution in [0, 0.1) is 0 Å². The van der Waals surface area contributed by atoms with Gasteiger partial charge in [0.1, 0.15) is 13.5 Å². The highest BCUT2D eigenvalue weighted by Gasteiger charge is 2.23. The van der Waals surface area contributed by atoms with E-state index in [0.717, 1.165) is 10.0 Å². The van der Waals surface area contributed by atoms with Gasteiger partial charge in [-0.25, -0.2) is 5.01 Å². The van der Waals surface area contributed by atoms with Crippen molar-refractivity contribution in [2.75, 3.05) is 20.1 Å². The summed E-state index contributed by atoms with van der Waals surface area (Å²) in [4.78, 5) is 11.2. The summed E-state index contributed by atoms with van der Waals surface area (Å²) < 4.78 is 0. The van der Waals surface area contributed by atoms with Crippen LogP contribution in [0.5, 0.6) is 0 Å². The maximum Gasteiger partial charge on any atom is 0.271 e. The minimum atomic E-state index is -0.535. The average molecular weight is 189 g/mol. The van der Waals surface area contributed by atoms with Crippen LogP contribution in [0.2, 0.25) is 0 Å². The number of hydrogen-bond acceptors (Lipinski definition) is 6. The molecule has 0 saturated heterocycles. The number of nitrogens with one attached hydrogen (secondary N) is 1. The zero-order valence-electron chi connectivity index (χ0n) is 6.84. The van der Waals surface area contributed by atoms with E-state index in [9.17, 15) is 4.79 Å². The lowest BCUT2D eigenvalue weighted by Crippen LogP contribution is -2.55. The second kappa shape index (κ2) is 4.19. The monoisotopic (exact) mass is 189 g/mol. The second-order valence-corrected chi connectivity index (χ2v) is 2.40. The number of hydrazine groups is 2. The van der Waals surface area contributed by atoms with Crippen molar-refractivity contribution >= 4 is 5.91 Å². The van der Waals surface area contributed by atoms with Crippen LogP contribution in [0.15, 0.2) is 11.8 Å². The third-order valence-electron chi connectivity index (χ3n) is 1.54. The normalized spacial score (nSPS) is 17.8. The van der Waals surface area contributed by atoms with Gasteiger partial charge in [-0.05, 0) is 0 Å². The van der Waals surface area contributed by atoms with E-state index in [4.69, 9.17) is 15.3 Å². The van der Waals surface area contributed by atoms with Crippen molar-refractivity contribution < 1.29 is 20.1 Å². The van der Waals surface area contributed by atoms with Gasteiger partial charge in [-0.1, -0.05) is 0 Å².